The third-order valence-electron chi connectivity index (χ3n) is 4.88. The van der Waals surface area contributed by atoms with Gasteiger partial charge in [0, 0.05) is 17.9 Å². The van der Waals surface area contributed by atoms with Crippen LogP contribution in [0.25, 0.3) is 5.69 Å². The first-order valence-corrected chi connectivity index (χ1v) is 8.75. The lowest BCUT2D eigenvalue weighted by Gasteiger charge is -2.29. The third kappa shape index (κ3) is 2.63. The number of aromatic nitrogens is 3. The third-order valence-corrected chi connectivity index (χ3v) is 4.88. The van der Waals surface area contributed by atoms with Crippen molar-refractivity contribution in [3.05, 3.63) is 65.0 Å². The number of nitrogens with two attached hydrogens (primary N) is 1. The van der Waals surface area contributed by atoms with Crippen LogP contribution in [-0.4, -0.2) is 27.4 Å². The van der Waals surface area contributed by atoms with Gasteiger partial charge in [-0.25, -0.2) is 4.68 Å². The van der Waals surface area contributed by atoms with Crippen molar-refractivity contribution in [1.82, 2.24) is 15.0 Å². The standard InChI is InChI=1S/C20H21N5O/c1-13-6-3-7-15(12-13)25-14(2)19(22-23-25)20(26)24-11-5-8-16-17(21)9-4-10-18(16)24/h3-4,6-7,9-10,12H,5,8,11,21H2,1-2H3. The summed E-state index contributed by atoms with van der Waals surface area (Å²) in [4.78, 5) is 14.9. The second-order valence-electron chi connectivity index (χ2n) is 6.68. The van der Waals surface area contributed by atoms with Crippen LogP contribution in [0, 0.1) is 13.8 Å². The fourth-order valence-corrected chi connectivity index (χ4v) is 3.52. The Kier molecular flexibility index (Phi) is 3.95. The Morgan fingerprint density at radius 3 is 2.77 bits per heavy atom. The Hall–Kier alpha value is -3.15. The van der Waals surface area contributed by atoms with Crippen molar-refractivity contribution in [2.45, 2.75) is 26.7 Å². The van der Waals surface area contributed by atoms with E-state index in [9.17, 15) is 4.79 Å². The number of aryl methyl sites for hydroxylation is 1. The minimum atomic E-state index is -0.132. The van der Waals surface area contributed by atoms with Crippen molar-refractivity contribution in [2.75, 3.05) is 17.2 Å². The molecular formula is C20H21N5O. The van der Waals surface area contributed by atoms with Gasteiger partial charge in [0.15, 0.2) is 5.69 Å². The van der Waals surface area contributed by atoms with E-state index in [2.05, 4.69) is 10.3 Å². The number of carbonyl (C=O) groups is 1. The Morgan fingerprint density at radius 2 is 1.96 bits per heavy atom. The number of fused-ring (bicyclic) bond motifs is 1. The number of carbonyl (C=O) groups excluding carboxylic acids is 1. The summed E-state index contributed by atoms with van der Waals surface area (Å²) in [5, 5.41) is 8.39. The van der Waals surface area contributed by atoms with Crippen LogP contribution in [0.5, 0.6) is 0 Å². The van der Waals surface area contributed by atoms with Crippen molar-refractivity contribution in [3.63, 3.8) is 0 Å². The van der Waals surface area contributed by atoms with Gasteiger partial charge in [-0.2, -0.15) is 0 Å². The van der Waals surface area contributed by atoms with Gasteiger partial charge in [-0.05, 0) is 62.1 Å². The van der Waals surface area contributed by atoms with E-state index in [0.29, 0.717) is 12.2 Å². The van der Waals surface area contributed by atoms with Crippen molar-refractivity contribution < 1.29 is 4.79 Å². The lowest BCUT2D eigenvalue weighted by molar-refractivity contribution is 0.0979. The monoisotopic (exact) mass is 347 g/mol. The molecular weight excluding hydrogens is 326 g/mol. The van der Waals surface area contributed by atoms with Gasteiger partial charge in [-0.1, -0.05) is 23.4 Å². The number of rotatable bonds is 2. The normalized spacial score (nSPS) is 13.5. The first kappa shape index (κ1) is 16.3. The van der Waals surface area contributed by atoms with Crippen LogP contribution in [0.1, 0.15) is 33.7 Å². The highest BCUT2D eigenvalue weighted by Crippen LogP contribution is 2.32. The molecule has 0 fully saturated rings. The van der Waals surface area contributed by atoms with Gasteiger partial charge in [0.1, 0.15) is 0 Å². The highest BCUT2D eigenvalue weighted by Gasteiger charge is 2.28. The highest BCUT2D eigenvalue weighted by molar-refractivity contribution is 6.06. The molecule has 6 heteroatoms. The van der Waals surface area contributed by atoms with E-state index in [4.69, 9.17) is 5.73 Å². The van der Waals surface area contributed by atoms with Crippen molar-refractivity contribution in [3.8, 4) is 5.69 Å². The fourth-order valence-electron chi connectivity index (χ4n) is 3.52. The average molecular weight is 347 g/mol. The second kappa shape index (κ2) is 6.29. The van der Waals surface area contributed by atoms with Gasteiger partial charge >= 0.3 is 0 Å². The molecule has 2 N–H and O–H groups in total. The van der Waals surface area contributed by atoms with Gasteiger partial charge in [-0.15, -0.1) is 5.10 Å². The molecule has 0 saturated carbocycles. The van der Waals surface area contributed by atoms with Crippen molar-refractivity contribution >= 4 is 17.3 Å². The molecule has 0 atom stereocenters. The van der Waals surface area contributed by atoms with Crippen LogP contribution >= 0.6 is 0 Å². The maximum absolute atomic E-state index is 13.2. The molecule has 2 aromatic carbocycles. The summed E-state index contributed by atoms with van der Waals surface area (Å²) in [7, 11) is 0. The zero-order valence-corrected chi connectivity index (χ0v) is 14.9. The molecule has 1 amide bonds. The van der Waals surface area contributed by atoms with Crippen LogP contribution in [0.4, 0.5) is 11.4 Å². The molecule has 0 unspecified atom stereocenters. The lowest BCUT2D eigenvalue weighted by Crippen LogP contribution is -2.36. The number of amides is 1. The first-order valence-electron chi connectivity index (χ1n) is 8.75. The fraction of sp³-hybridized carbons (Fsp3) is 0.250. The van der Waals surface area contributed by atoms with Gasteiger partial charge in [-0.3, -0.25) is 4.79 Å². The minimum Gasteiger partial charge on any atom is -0.398 e. The summed E-state index contributed by atoms with van der Waals surface area (Å²) in [5.74, 6) is -0.132. The van der Waals surface area contributed by atoms with Crippen LogP contribution < -0.4 is 10.6 Å². The summed E-state index contributed by atoms with van der Waals surface area (Å²) in [6.07, 6.45) is 1.78. The van der Waals surface area contributed by atoms with E-state index in [1.807, 2.05) is 56.3 Å². The number of benzene rings is 2. The van der Waals surface area contributed by atoms with Crippen molar-refractivity contribution in [2.24, 2.45) is 0 Å². The summed E-state index contributed by atoms with van der Waals surface area (Å²) in [6, 6.07) is 13.7. The molecule has 1 aliphatic rings. The molecule has 6 nitrogen and oxygen atoms in total. The quantitative estimate of drug-likeness (QED) is 0.723. The predicted molar refractivity (Wildman–Crippen MR) is 102 cm³/mol. The summed E-state index contributed by atoms with van der Waals surface area (Å²) < 4.78 is 1.71. The smallest absolute Gasteiger partial charge is 0.280 e. The topological polar surface area (TPSA) is 77.0 Å². The molecule has 3 aromatic rings. The molecule has 4 rings (SSSR count). The molecule has 2 heterocycles. The molecule has 0 spiro atoms. The Balaban J connectivity index is 1.72. The number of anilines is 2. The van der Waals surface area contributed by atoms with Crippen LogP contribution in [0.15, 0.2) is 42.5 Å². The van der Waals surface area contributed by atoms with Gasteiger partial charge in [0.25, 0.3) is 5.91 Å². The van der Waals surface area contributed by atoms with Crippen LogP contribution in [0.3, 0.4) is 0 Å². The van der Waals surface area contributed by atoms with E-state index >= 15 is 0 Å². The highest BCUT2D eigenvalue weighted by atomic mass is 16.2. The number of hydrogen-bond donors (Lipinski definition) is 1. The Bertz CT molecular complexity index is 992. The minimum absolute atomic E-state index is 0.132. The largest absolute Gasteiger partial charge is 0.398 e. The molecule has 0 saturated heterocycles. The molecule has 0 bridgehead atoms. The van der Waals surface area contributed by atoms with E-state index in [1.54, 1.807) is 9.58 Å². The summed E-state index contributed by atoms with van der Waals surface area (Å²) in [5.41, 5.74) is 11.9. The SMILES string of the molecule is Cc1cccc(-n2nnc(C(=O)N3CCCc4c(N)cccc43)c2C)c1. The Morgan fingerprint density at radius 1 is 1.15 bits per heavy atom. The van der Waals surface area contributed by atoms with Crippen LogP contribution in [-0.2, 0) is 6.42 Å². The molecule has 1 aliphatic heterocycles. The van der Waals surface area contributed by atoms with Crippen molar-refractivity contribution in [1.29, 1.82) is 0 Å². The summed E-state index contributed by atoms with van der Waals surface area (Å²) in [6.45, 7) is 4.56. The zero-order chi connectivity index (χ0) is 18.3. The van der Waals surface area contributed by atoms with Crippen LogP contribution in [0.2, 0.25) is 0 Å². The second-order valence-corrected chi connectivity index (χ2v) is 6.68. The number of nitrogens with zero attached hydrogens (tertiary/aromatic N) is 4. The van der Waals surface area contributed by atoms with E-state index in [0.717, 1.165) is 46.7 Å². The molecule has 0 radical (unpaired) electrons. The Labute approximate surface area is 152 Å². The maximum atomic E-state index is 13.2. The van der Waals surface area contributed by atoms with E-state index < -0.39 is 0 Å². The zero-order valence-electron chi connectivity index (χ0n) is 14.9. The lowest BCUT2D eigenvalue weighted by atomic mass is 9.99. The first-order chi connectivity index (χ1) is 12.6. The van der Waals surface area contributed by atoms with Gasteiger partial charge in [0.05, 0.1) is 11.4 Å². The number of hydrogen-bond acceptors (Lipinski definition) is 4. The van der Waals surface area contributed by atoms with Gasteiger partial charge < -0.3 is 10.6 Å². The number of nitrogen functional groups attached to an aromatic ring is 1. The maximum Gasteiger partial charge on any atom is 0.280 e. The molecule has 26 heavy (non-hydrogen) atoms. The van der Waals surface area contributed by atoms with E-state index in [-0.39, 0.29) is 5.91 Å². The summed E-state index contributed by atoms with van der Waals surface area (Å²) >= 11 is 0. The van der Waals surface area contributed by atoms with Gasteiger partial charge in [0.2, 0.25) is 0 Å². The predicted octanol–water partition coefficient (Wildman–Crippen LogP) is 3.06. The molecule has 0 aliphatic carbocycles. The van der Waals surface area contributed by atoms with E-state index in [1.165, 1.54) is 0 Å². The molecule has 132 valence electrons. The average Bonchev–Trinajstić information content (AvgIpc) is 3.02. The molecule has 1 aromatic heterocycles.